The van der Waals surface area contributed by atoms with Crippen molar-refractivity contribution in [3.05, 3.63) is 79.6 Å². The number of hydrogen-bond acceptors (Lipinski definition) is 4. The van der Waals surface area contributed by atoms with Gasteiger partial charge in [0.1, 0.15) is 17.0 Å². The van der Waals surface area contributed by atoms with E-state index in [1.54, 1.807) is 6.07 Å². The summed E-state index contributed by atoms with van der Waals surface area (Å²) in [5.41, 5.74) is 5.67. The molecule has 1 aliphatic heterocycles. The summed E-state index contributed by atoms with van der Waals surface area (Å²) in [5, 5.41) is 7.03. The lowest BCUT2D eigenvalue weighted by Gasteiger charge is -2.36. The van der Waals surface area contributed by atoms with Crippen LogP contribution in [0.25, 0.3) is 0 Å². The Hall–Kier alpha value is -2.22. The zero-order valence-corrected chi connectivity index (χ0v) is 18.9. The van der Waals surface area contributed by atoms with Gasteiger partial charge in [0.15, 0.2) is 0 Å². The Kier molecular flexibility index (Phi) is 5.70. The first-order chi connectivity index (χ1) is 14.3. The molecule has 0 amide bonds. The van der Waals surface area contributed by atoms with Crippen LogP contribution < -0.4 is 5.76 Å². The maximum Gasteiger partial charge on any atom is 0.434 e. The van der Waals surface area contributed by atoms with Crippen LogP contribution in [0.3, 0.4) is 0 Å². The first kappa shape index (κ1) is 21.0. The van der Waals surface area contributed by atoms with Crippen molar-refractivity contribution in [1.29, 1.82) is 0 Å². The molecule has 4 rings (SSSR count). The van der Waals surface area contributed by atoms with E-state index in [9.17, 15) is 9.00 Å². The largest absolute Gasteiger partial charge is 0.434 e. The number of aromatic amines is 1. The lowest BCUT2D eigenvalue weighted by atomic mass is 9.85. The first-order valence-electron chi connectivity index (χ1n) is 9.87. The summed E-state index contributed by atoms with van der Waals surface area (Å²) in [5.74, 6) is -0.487. The average molecular weight is 446 g/mol. The highest BCUT2D eigenvalue weighted by Gasteiger charge is 2.39. The summed E-state index contributed by atoms with van der Waals surface area (Å²) in [6.07, 6.45) is 0.724. The molecule has 2 heterocycles. The number of halogens is 1. The third kappa shape index (κ3) is 3.66. The van der Waals surface area contributed by atoms with Crippen LogP contribution in [0.2, 0.25) is 5.02 Å². The highest BCUT2D eigenvalue weighted by molar-refractivity contribution is 7.82. The summed E-state index contributed by atoms with van der Waals surface area (Å²) < 4.78 is 20.8. The first-order valence-corrected chi connectivity index (χ1v) is 11.4. The quantitative estimate of drug-likeness (QED) is 0.646. The fourth-order valence-corrected chi connectivity index (χ4v) is 6.21. The van der Waals surface area contributed by atoms with Crippen molar-refractivity contribution in [2.24, 2.45) is 0 Å². The molecule has 0 fully saturated rings. The van der Waals surface area contributed by atoms with E-state index in [-0.39, 0.29) is 11.8 Å². The second-order valence-electron chi connectivity index (χ2n) is 7.81. The van der Waals surface area contributed by atoms with Gasteiger partial charge in [0.05, 0.1) is 4.90 Å². The van der Waals surface area contributed by atoms with Crippen molar-refractivity contribution in [3.8, 4) is 0 Å². The van der Waals surface area contributed by atoms with Crippen LogP contribution in [0, 0.1) is 20.8 Å². The Morgan fingerprint density at radius 1 is 1.20 bits per heavy atom. The number of fused-ring (bicyclic) bond motifs is 1. The van der Waals surface area contributed by atoms with Crippen molar-refractivity contribution in [2.75, 3.05) is 6.54 Å². The molecular weight excluding hydrogens is 422 g/mol. The monoisotopic (exact) mass is 445 g/mol. The molecular formula is C22H24ClN3O3S. The highest BCUT2D eigenvalue weighted by Crippen LogP contribution is 2.41. The Morgan fingerprint density at radius 2 is 1.93 bits per heavy atom. The molecule has 0 radical (unpaired) electrons. The second kappa shape index (κ2) is 8.13. The average Bonchev–Trinajstić information content (AvgIpc) is 3.13. The molecule has 0 bridgehead atoms. The Morgan fingerprint density at radius 3 is 2.63 bits per heavy atom. The molecule has 1 N–H and O–H groups in total. The summed E-state index contributed by atoms with van der Waals surface area (Å²) in [7, 11) is -1.46. The fraction of sp³-hybridized carbons (Fsp3) is 0.364. The van der Waals surface area contributed by atoms with Crippen LogP contribution in [0.5, 0.6) is 0 Å². The molecule has 6 nitrogen and oxygen atoms in total. The fourth-order valence-electron chi connectivity index (χ4n) is 4.37. The number of rotatable bonds is 4. The lowest BCUT2D eigenvalue weighted by molar-refractivity contribution is 0.249. The number of nitrogens with one attached hydrogen (secondary N) is 1. The van der Waals surface area contributed by atoms with Crippen LogP contribution in [-0.2, 0) is 17.4 Å². The number of hydrogen-bond donors (Lipinski definition) is 1. The normalized spacial score (nSPS) is 18.8. The molecule has 1 aliphatic rings. The summed E-state index contributed by atoms with van der Waals surface area (Å²) in [6.45, 7) is 8.86. The van der Waals surface area contributed by atoms with Crippen molar-refractivity contribution in [3.63, 3.8) is 0 Å². The van der Waals surface area contributed by atoms with Gasteiger partial charge in [-0.15, -0.1) is 5.10 Å². The van der Waals surface area contributed by atoms with E-state index in [2.05, 4.69) is 50.0 Å². The molecule has 0 aliphatic carbocycles. The minimum atomic E-state index is -1.46. The van der Waals surface area contributed by atoms with E-state index >= 15 is 0 Å². The minimum absolute atomic E-state index is 0.110. The van der Waals surface area contributed by atoms with E-state index in [0.717, 1.165) is 23.1 Å². The molecule has 30 heavy (non-hydrogen) atoms. The van der Waals surface area contributed by atoms with Gasteiger partial charge in [-0.1, -0.05) is 36.7 Å². The molecule has 8 heteroatoms. The van der Waals surface area contributed by atoms with Gasteiger partial charge >= 0.3 is 5.76 Å². The van der Waals surface area contributed by atoms with Crippen LogP contribution in [0.1, 0.15) is 52.6 Å². The van der Waals surface area contributed by atoms with Gasteiger partial charge in [-0.3, -0.25) is 0 Å². The summed E-state index contributed by atoms with van der Waals surface area (Å²) in [4.78, 5) is 12.4. The highest BCUT2D eigenvalue weighted by atomic mass is 35.5. The third-order valence-electron chi connectivity index (χ3n) is 5.98. The van der Waals surface area contributed by atoms with Crippen LogP contribution in [-0.4, -0.2) is 25.3 Å². The minimum Gasteiger partial charge on any atom is -0.391 e. The molecule has 2 aromatic carbocycles. The molecule has 158 valence electrons. The van der Waals surface area contributed by atoms with Gasteiger partial charge in [0.25, 0.3) is 0 Å². The van der Waals surface area contributed by atoms with Gasteiger partial charge in [-0.05, 0) is 67.1 Å². The SMILES string of the molecule is Cc1ccc(C)c(C(C)C(c2n[nH]c(=O)o2)N2CCc3ccc(Cl)cc3S2=O)c1C. The summed E-state index contributed by atoms with van der Waals surface area (Å²) in [6, 6.07) is 9.21. The van der Waals surface area contributed by atoms with E-state index in [4.69, 9.17) is 16.0 Å². The number of benzene rings is 2. The van der Waals surface area contributed by atoms with Crippen molar-refractivity contribution in [2.45, 2.75) is 51.0 Å². The van der Waals surface area contributed by atoms with E-state index < -0.39 is 22.8 Å². The molecule has 3 aromatic rings. The Bertz CT molecular complexity index is 1190. The number of H-pyrrole nitrogens is 1. The Balaban J connectivity index is 1.84. The zero-order valence-electron chi connectivity index (χ0n) is 17.4. The van der Waals surface area contributed by atoms with Gasteiger partial charge < -0.3 is 4.42 Å². The number of nitrogens with zero attached hydrogens (tertiary/aromatic N) is 2. The number of aryl methyl sites for hydroxylation is 2. The molecule has 1 aromatic heterocycles. The molecule has 0 spiro atoms. The van der Waals surface area contributed by atoms with E-state index in [1.807, 2.05) is 16.4 Å². The van der Waals surface area contributed by atoms with Crippen LogP contribution >= 0.6 is 11.6 Å². The van der Waals surface area contributed by atoms with Crippen LogP contribution in [0.15, 0.2) is 44.4 Å². The van der Waals surface area contributed by atoms with Crippen molar-refractivity contribution < 1.29 is 8.63 Å². The molecule has 0 saturated carbocycles. The van der Waals surface area contributed by atoms with Crippen molar-refractivity contribution >= 4 is 22.6 Å². The van der Waals surface area contributed by atoms with Gasteiger partial charge in [-0.2, -0.15) is 0 Å². The standard InChI is InChI=1S/C22H24ClN3O3S/c1-12-5-6-13(2)19(14(12)3)15(4)20(21-24-25-22(27)29-21)26-10-9-16-7-8-17(23)11-18(16)30(26)28/h5-8,11,15,20H,9-10H2,1-4H3,(H,25,27). The predicted octanol–water partition coefficient (Wildman–Crippen LogP) is 4.37. The molecule has 0 saturated heterocycles. The predicted molar refractivity (Wildman–Crippen MR) is 117 cm³/mol. The van der Waals surface area contributed by atoms with Crippen molar-refractivity contribution in [1.82, 2.24) is 14.5 Å². The van der Waals surface area contributed by atoms with Crippen LogP contribution in [0.4, 0.5) is 0 Å². The maximum absolute atomic E-state index is 13.6. The van der Waals surface area contributed by atoms with Gasteiger partial charge in [0, 0.05) is 17.5 Å². The second-order valence-corrected chi connectivity index (χ2v) is 9.66. The molecule has 3 atom stereocenters. The zero-order chi connectivity index (χ0) is 21.6. The van der Waals surface area contributed by atoms with Gasteiger partial charge in [-0.25, -0.2) is 18.4 Å². The lowest BCUT2D eigenvalue weighted by Crippen LogP contribution is -2.39. The topological polar surface area (TPSA) is 79.2 Å². The smallest absolute Gasteiger partial charge is 0.391 e. The van der Waals surface area contributed by atoms with Gasteiger partial charge in [0.2, 0.25) is 5.89 Å². The Labute approximate surface area is 182 Å². The molecule has 3 unspecified atom stereocenters. The third-order valence-corrected chi connectivity index (χ3v) is 7.81. The van der Waals surface area contributed by atoms with E-state index in [0.29, 0.717) is 16.5 Å². The number of aromatic nitrogens is 2. The van der Waals surface area contributed by atoms with E-state index in [1.165, 1.54) is 11.1 Å². The summed E-state index contributed by atoms with van der Waals surface area (Å²) >= 11 is 6.18. The maximum atomic E-state index is 13.6.